The Bertz CT molecular complexity index is 701. The van der Waals surface area contributed by atoms with Crippen LogP contribution in [0.3, 0.4) is 0 Å². The van der Waals surface area contributed by atoms with E-state index in [0.717, 1.165) is 13.0 Å². The first kappa shape index (κ1) is 15.7. The van der Waals surface area contributed by atoms with Crippen molar-refractivity contribution in [3.8, 4) is 5.75 Å². The van der Waals surface area contributed by atoms with Gasteiger partial charge in [-0.15, -0.1) is 11.3 Å². The Morgan fingerprint density at radius 3 is 2.95 bits per heavy atom. The highest BCUT2D eigenvalue weighted by molar-refractivity contribution is 7.10. The molecule has 1 aliphatic rings. The van der Waals surface area contributed by atoms with Gasteiger partial charge in [0, 0.05) is 17.5 Å². The van der Waals surface area contributed by atoms with Crippen LogP contribution in [0.1, 0.15) is 23.4 Å². The minimum Gasteiger partial charge on any atom is -0.484 e. The molecule has 1 amide bonds. The molecule has 1 unspecified atom stereocenters. The number of hydrogen-bond donors (Lipinski definition) is 0. The minimum atomic E-state index is -0.0181. The summed E-state index contributed by atoms with van der Waals surface area (Å²) in [5.74, 6) is 0.527. The van der Waals surface area contributed by atoms with Crippen molar-refractivity contribution in [2.24, 2.45) is 0 Å². The molecule has 1 atom stereocenters. The Morgan fingerprint density at radius 1 is 1.36 bits per heavy atom. The first-order chi connectivity index (χ1) is 10.6. The minimum absolute atomic E-state index is 0.00176. The summed E-state index contributed by atoms with van der Waals surface area (Å²) in [5, 5.41) is 2.97. The van der Waals surface area contributed by atoms with Crippen molar-refractivity contribution >= 4 is 40.4 Å². The largest absolute Gasteiger partial charge is 0.484 e. The van der Waals surface area contributed by atoms with E-state index in [1.54, 1.807) is 29.5 Å². The fourth-order valence-corrected chi connectivity index (χ4v) is 3.90. The van der Waals surface area contributed by atoms with E-state index in [2.05, 4.69) is 18.4 Å². The smallest absolute Gasteiger partial charge is 0.261 e. The third-order valence-electron chi connectivity index (χ3n) is 3.85. The van der Waals surface area contributed by atoms with Crippen LogP contribution in [0.5, 0.6) is 5.75 Å². The predicted molar refractivity (Wildman–Crippen MR) is 90.1 cm³/mol. The predicted octanol–water partition coefficient (Wildman–Crippen LogP) is 4.58. The molecule has 2 heterocycles. The second-order valence-corrected chi connectivity index (χ2v) is 6.99. The van der Waals surface area contributed by atoms with Crippen LogP contribution in [0.15, 0.2) is 29.6 Å². The van der Waals surface area contributed by atoms with Crippen molar-refractivity contribution in [3.63, 3.8) is 0 Å². The van der Waals surface area contributed by atoms with Gasteiger partial charge in [-0.3, -0.25) is 4.79 Å². The lowest BCUT2D eigenvalue weighted by Gasteiger charge is -2.33. The number of rotatable bonds is 3. The summed E-state index contributed by atoms with van der Waals surface area (Å²) >= 11 is 13.6. The Kier molecular flexibility index (Phi) is 4.62. The van der Waals surface area contributed by atoms with E-state index in [9.17, 15) is 4.79 Å². The van der Waals surface area contributed by atoms with Crippen LogP contribution in [0.4, 0.5) is 0 Å². The van der Waals surface area contributed by atoms with Gasteiger partial charge in [0.05, 0.1) is 16.1 Å². The normalized spacial score (nSPS) is 17.2. The number of ether oxygens (including phenoxy) is 1. The molecule has 1 aromatic heterocycles. The Labute approximate surface area is 143 Å². The average Bonchev–Trinajstić information content (AvgIpc) is 2.98. The molecule has 0 aliphatic carbocycles. The second kappa shape index (κ2) is 6.49. The Hall–Kier alpha value is -1.23. The quantitative estimate of drug-likeness (QED) is 0.806. The third-order valence-corrected chi connectivity index (χ3v) is 5.59. The SMILES string of the molecule is CC1c2ccsc2CCN1C(=O)COc1ccc(Cl)c(Cl)c1. The maximum Gasteiger partial charge on any atom is 0.261 e. The van der Waals surface area contributed by atoms with E-state index in [1.807, 2.05) is 4.90 Å². The van der Waals surface area contributed by atoms with Crippen molar-refractivity contribution in [1.29, 1.82) is 0 Å². The number of carbonyl (C=O) groups is 1. The van der Waals surface area contributed by atoms with Crippen molar-refractivity contribution in [2.75, 3.05) is 13.2 Å². The fraction of sp³-hybridized carbons (Fsp3) is 0.312. The molecule has 2 aromatic rings. The number of halogens is 2. The van der Waals surface area contributed by atoms with E-state index >= 15 is 0 Å². The van der Waals surface area contributed by atoms with Crippen molar-refractivity contribution in [1.82, 2.24) is 4.90 Å². The highest BCUT2D eigenvalue weighted by Crippen LogP contribution is 2.33. The molecule has 0 spiro atoms. The molecule has 0 saturated heterocycles. The summed E-state index contributed by atoms with van der Waals surface area (Å²) in [4.78, 5) is 15.7. The van der Waals surface area contributed by atoms with Gasteiger partial charge in [0.1, 0.15) is 5.75 Å². The third kappa shape index (κ3) is 3.09. The van der Waals surface area contributed by atoms with Crippen LogP contribution in [0, 0.1) is 0 Å². The summed E-state index contributed by atoms with van der Waals surface area (Å²) in [5.41, 5.74) is 1.25. The van der Waals surface area contributed by atoms with Gasteiger partial charge >= 0.3 is 0 Å². The highest BCUT2D eigenvalue weighted by Gasteiger charge is 2.28. The van der Waals surface area contributed by atoms with Gasteiger partial charge in [-0.2, -0.15) is 0 Å². The zero-order chi connectivity index (χ0) is 15.7. The first-order valence-electron chi connectivity index (χ1n) is 7.00. The molecule has 22 heavy (non-hydrogen) atoms. The lowest BCUT2D eigenvalue weighted by Crippen LogP contribution is -2.40. The molecular formula is C16H15Cl2NO2S. The van der Waals surface area contributed by atoms with Gasteiger partial charge < -0.3 is 9.64 Å². The molecule has 1 aliphatic heterocycles. The number of fused-ring (bicyclic) bond motifs is 1. The summed E-state index contributed by atoms with van der Waals surface area (Å²) in [6.07, 6.45) is 0.913. The molecular weight excluding hydrogens is 341 g/mol. The Balaban J connectivity index is 1.64. The number of benzene rings is 1. The number of nitrogens with zero attached hydrogens (tertiary/aromatic N) is 1. The van der Waals surface area contributed by atoms with Crippen LogP contribution in [-0.2, 0) is 11.2 Å². The number of thiophene rings is 1. The van der Waals surface area contributed by atoms with Crippen LogP contribution < -0.4 is 4.74 Å². The van der Waals surface area contributed by atoms with Crippen molar-refractivity contribution in [3.05, 3.63) is 50.1 Å². The molecule has 0 N–H and O–H groups in total. The molecule has 6 heteroatoms. The van der Waals surface area contributed by atoms with Gasteiger partial charge in [-0.1, -0.05) is 23.2 Å². The summed E-state index contributed by atoms with van der Waals surface area (Å²) < 4.78 is 5.54. The van der Waals surface area contributed by atoms with Crippen molar-refractivity contribution in [2.45, 2.75) is 19.4 Å². The van der Waals surface area contributed by atoms with E-state index < -0.39 is 0 Å². The molecule has 116 valence electrons. The lowest BCUT2D eigenvalue weighted by molar-refractivity contribution is -0.135. The molecule has 1 aromatic carbocycles. The van der Waals surface area contributed by atoms with E-state index in [0.29, 0.717) is 15.8 Å². The zero-order valence-electron chi connectivity index (χ0n) is 12.0. The average molecular weight is 356 g/mol. The molecule has 3 nitrogen and oxygen atoms in total. The Morgan fingerprint density at radius 2 is 2.18 bits per heavy atom. The summed E-state index contributed by atoms with van der Waals surface area (Å²) in [6, 6.07) is 7.18. The van der Waals surface area contributed by atoms with Crippen molar-refractivity contribution < 1.29 is 9.53 Å². The van der Waals surface area contributed by atoms with Crippen LogP contribution in [-0.4, -0.2) is 24.0 Å². The summed E-state index contributed by atoms with van der Waals surface area (Å²) in [6.45, 7) is 2.79. The van der Waals surface area contributed by atoms with E-state index in [1.165, 1.54) is 10.4 Å². The number of amides is 1. The molecule has 0 fully saturated rings. The van der Waals surface area contributed by atoms with Crippen LogP contribution in [0.2, 0.25) is 10.0 Å². The number of carbonyl (C=O) groups excluding carboxylic acids is 1. The van der Waals surface area contributed by atoms with Gasteiger partial charge in [0.2, 0.25) is 0 Å². The van der Waals surface area contributed by atoms with E-state index in [4.69, 9.17) is 27.9 Å². The topological polar surface area (TPSA) is 29.5 Å². The molecule has 0 bridgehead atoms. The van der Waals surface area contributed by atoms with Crippen LogP contribution in [0.25, 0.3) is 0 Å². The van der Waals surface area contributed by atoms with Gasteiger partial charge in [-0.25, -0.2) is 0 Å². The maximum absolute atomic E-state index is 12.4. The highest BCUT2D eigenvalue weighted by atomic mass is 35.5. The second-order valence-electron chi connectivity index (χ2n) is 5.18. The van der Waals surface area contributed by atoms with Gasteiger partial charge in [0.15, 0.2) is 6.61 Å². The summed E-state index contributed by atoms with van der Waals surface area (Å²) in [7, 11) is 0. The monoisotopic (exact) mass is 355 g/mol. The fourth-order valence-electron chi connectivity index (χ4n) is 2.64. The van der Waals surface area contributed by atoms with Gasteiger partial charge in [-0.05, 0) is 42.5 Å². The molecule has 0 radical (unpaired) electrons. The molecule has 0 saturated carbocycles. The van der Waals surface area contributed by atoms with E-state index in [-0.39, 0.29) is 18.6 Å². The van der Waals surface area contributed by atoms with Gasteiger partial charge in [0.25, 0.3) is 5.91 Å². The lowest BCUT2D eigenvalue weighted by atomic mass is 10.0. The standard InChI is InChI=1S/C16H15Cl2NO2S/c1-10-12-5-7-22-15(12)4-6-19(10)16(20)9-21-11-2-3-13(17)14(18)8-11/h2-3,5,7-8,10H,4,6,9H2,1H3. The maximum atomic E-state index is 12.4. The molecule has 3 rings (SSSR count). The number of hydrogen-bond acceptors (Lipinski definition) is 3. The van der Waals surface area contributed by atoms with Crippen LogP contribution >= 0.6 is 34.5 Å². The zero-order valence-corrected chi connectivity index (χ0v) is 14.3. The first-order valence-corrected chi connectivity index (χ1v) is 8.63.